The number of fused-ring (bicyclic) bond motifs is 1. The van der Waals surface area contributed by atoms with Crippen LogP contribution in [-0.2, 0) is 18.7 Å². The molecule has 12 heavy (non-hydrogen) atoms. The van der Waals surface area contributed by atoms with E-state index in [-0.39, 0.29) is 14.9 Å². The first-order chi connectivity index (χ1) is 5.92. The van der Waals surface area contributed by atoms with Gasteiger partial charge in [-0.05, 0) is 0 Å². The third kappa shape index (κ3) is 1.20. The van der Waals surface area contributed by atoms with Crippen LogP contribution >= 0.6 is 0 Å². The van der Waals surface area contributed by atoms with E-state index in [2.05, 4.69) is 0 Å². The molecule has 0 radical (unpaired) electrons. The Balaban J connectivity index is 2.88. The predicted octanol–water partition coefficient (Wildman–Crippen LogP) is 1.89. The van der Waals surface area contributed by atoms with E-state index in [4.69, 9.17) is 0 Å². The van der Waals surface area contributed by atoms with E-state index >= 15 is 0 Å². The third-order valence-electron chi connectivity index (χ3n) is 1.80. The van der Waals surface area contributed by atoms with Gasteiger partial charge in [0.1, 0.15) is 0 Å². The molecule has 0 saturated heterocycles. The van der Waals surface area contributed by atoms with Gasteiger partial charge in [-0.1, -0.05) is 0 Å². The van der Waals surface area contributed by atoms with E-state index in [1.165, 1.54) is 0 Å². The zero-order valence-electron chi connectivity index (χ0n) is 6.30. The van der Waals surface area contributed by atoms with E-state index in [0.29, 0.717) is 0 Å². The standard InChI is InChI=1S/C10H7.Fe.O/c1-2-6-10-8-4-3-7-9(10)5-1;;/h1-7H;;. The zero-order chi connectivity index (χ0) is 8.39. The van der Waals surface area contributed by atoms with Gasteiger partial charge >= 0.3 is 76.4 Å². The summed E-state index contributed by atoms with van der Waals surface area (Å²) in [5.41, 5.74) is 0. The molecule has 0 bridgehead atoms. The molecular formula is C10H7FeO. The third-order valence-corrected chi connectivity index (χ3v) is 2.53. The average molecular weight is 199 g/mol. The van der Waals surface area contributed by atoms with Crippen LogP contribution in [0.5, 0.6) is 0 Å². The molecule has 0 heterocycles. The van der Waals surface area contributed by atoms with Crippen molar-refractivity contribution in [3.8, 4) is 0 Å². The molecular weight excluding hydrogens is 192 g/mol. The quantitative estimate of drug-likeness (QED) is 0.641. The van der Waals surface area contributed by atoms with Crippen molar-refractivity contribution < 1.29 is 18.7 Å². The van der Waals surface area contributed by atoms with Crippen molar-refractivity contribution in [1.82, 2.24) is 0 Å². The number of benzene rings is 2. The van der Waals surface area contributed by atoms with Crippen LogP contribution in [0.1, 0.15) is 0 Å². The summed E-state index contributed by atoms with van der Waals surface area (Å²) in [7, 11) is 0. The summed E-state index contributed by atoms with van der Waals surface area (Å²) in [4.78, 5) is 0. The van der Waals surface area contributed by atoms with Crippen LogP contribution in [-0.4, -0.2) is 0 Å². The molecule has 0 aliphatic rings. The van der Waals surface area contributed by atoms with Gasteiger partial charge in [-0.15, -0.1) is 0 Å². The van der Waals surface area contributed by atoms with Crippen molar-refractivity contribution in [2.75, 3.05) is 0 Å². The van der Waals surface area contributed by atoms with E-state index in [1.54, 1.807) is 0 Å². The second-order valence-corrected chi connectivity index (χ2v) is 3.34. The normalized spacial score (nSPS) is 10.3. The van der Waals surface area contributed by atoms with Gasteiger partial charge in [-0.25, -0.2) is 0 Å². The summed E-state index contributed by atoms with van der Waals surface area (Å²) in [5.74, 6) is 0. The molecule has 0 aliphatic heterocycles. The van der Waals surface area contributed by atoms with Gasteiger partial charge in [0.2, 0.25) is 0 Å². The SMILES string of the molecule is [O]=[Fe][c]1cccc2ccccc12. The molecule has 2 heteroatoms. The minimum absolute atomic E-state index is 0.138. The van der Waals surface area contributed by atoms with Crippen molar-refractivity contribution in [2.24, 2.45) is 0 Å². The first-order valence-electron chi connectivity index (χ1n) is 3.64. The Morgan fingerprint density at radius 2 is 1.67 bits per heavy atom. The fourth-order valence-electron chi connectivity index (χ4n) is 1.24. The van der Waals surface area contributed by atoms with Crippen LogP contribution in [0, 0.1) is 0 Å². The Bertz CT molecular complexity index is 418. The first kappa shape index (κ1) is 7.66. The summed E-state index contributed by atoms with van der Waals surface area (Å²) >= 11 is -0.138. The zero-order valence-corrected chi connectivity index (χ0v) is 7.41. The molecule has 0 spiro atoms. The molecule has 1 nitrogen and oxygen atoms in total. The van der Waals surface area contributed by atoms with Crippen LogP contribution in [0.4, 0.5) is 0 Å². The molecule has 61 valence electrons. The number of hydrogen-bond acceptors (Lipinski definition) is 1. The Kier molecular flexibility index (Phi) is 2.03. The van der Waals surface area contributed by atoms with Crippen molar-refractivity contribution >= 4 is 15.2 Å². The molecule has 0 aliphatic carbocycles. The van der Waals surface area contributed by atoms with Crippen molar-refractivity contribution in [1.29, 1.82) is 0 Å². The molecule has 0 saturated carbocycles. The van der Waals surface area contributed by atoms with Gasteiger partial charge in [0, 0.05) is 0 Å². The summed E-state index contributed by atoms with van der Waals surface area (Å²) in [6.45, 7) is 0. The second kappa shape index (κ2) is 3.18. The summed E-state index contributed by atoms with van der Waals surface area (Å²) in [6.07, 6.45) is 0. The van der Waals surface area contributed by atoms with Crippen molar-refractivity contribution in [2.45, 2.75) is 0 Å². The molecule has 0 amide bonds. The molecule has 0 N–H and O–H groups in total. The Morgan fingerprint density at radius 3 is 2.50 bits per heavy atom. The fourth-order valence-corrected chi connectivity index (χ4v) is 1.80. The maximum absolute atomic E-state index is 10.7. The molecule has 2 rings (SSSR count). The van der Waals surface area contributed by atoms with Crippen LogP contribution in [0.25, 0.3) is 10.8 Å². The van der Waals surface area contributed by atoms with Gasteiger partial charge in [0.15, 0.2) is 0 Å². The Morgan fingerprint density at radius 1 is 0.917 bits per heavy atom. The molecule has 0 fully saturated rings. The summed E-state index contributed by atoms with van der Waals surface area (Å²) in [6, 6.07) is 13.8. The summed E-state index contributed by atoms with van der Waals surface area (Å²) < 4.78 is 11.6. The van der Waals surface area contributed by atoms with Crippen LogP contribution in [0.3, 0.4) is 0 Å². The Labute approximate surface area is 76.8 Å². The summed E-state index contributed by atoms with van der Waals surface area (Å²) in [5, 5.41) is 2.22. The average Bonchev–Trinajstić information content (AvgIpc) is 2.17. The van der Waals surface area contributed by atoms with E-state index in [9.17, 15) is 3.83 Å². The van der Waals surface area contributed by atoms with Crippen LogP contribution in [0.2, 0.25) is 0 Å². The van der Waals surface area contributed by atoms with E-state index < -0.39 is 0 Å². The molecule has 2 aromatic rings. The van der Waals surface area contributed by atoms with Gasteiger partial charge in [0.05, 0.1) is 0 Å². The van der Waals surface area contributed by atoms with E-state index in [0.717, 1.165) is 15.2 Å². The molecule has 2 aromatic carbocycles. The minimum atomic E-state index is -0.138. The van der Waals surface area contributed by atoms with Gasteiger partial charge in [-0.2, -0.15) is 0 Å². The monoisotopic (exact) mass is 199 g/mol. The maximum atomic E-state index is 10.7. The Hall–Kier alpha value is -0.981. The molecule has 0 aromatic heterocycles. The van der Waals surface area contributed by atoms with Gasteiger partial charge < -0.3 is 0 Å². The topological polar surface area (TPSA) is 17.1 Å². The van der Waals surface area contributed by atoms with Gasteiger partial charge in [-0.3, -0.25) is 0 Å². The molecule has 0 unspecified atom stereocenters. The second-order valence-electron chi connectivity index (χ2n) is 2.52. The number of rotatable bonds is 1. The van der Waals surface area contributed by atoms with Crippen molar-refractivity contribution in [3.63, 3.8) is 0 Å². The van der Waals surface area contributed by atoms with Crippen molar-refractivity contribution in [3.05, 3.63) is 42.5 Å². The first-order valence-corrected chi connectivity index (χ1v) is 4.65. The number of hydrogen-bond donors (Lipinski definition) is 0. The molecule has 0 atom stereocenters. The van der Waals surface area contributed by atoms with Crippen LogP contribution in [0.15, 0.2) is 42.5 Å². The van der Waals surface area contributed by atoms with Gasteiger partial charge in [0.25, 0.3) is 0 Å². The van der Waals surface area contributed by atoms with E-state index in [1.807, 2.05) is 42.5 Å². The van der Waals surface area contributed by atoms with Crippen LogP contribution < -0.4 is 4.46 Å². The predicted molar refractivity (Wildman–Crippen MR) is 44.3 cm³/mol. The fraction of sp³-hybridized carbons (Fsp3) is 0.